The van der Waals surface area contributed by atoms with Crippen LogP contribution in [0.3, 0.4) is 0 Å². The van der Waals surface area contributed by atoms with Gasteiger partial charge >= 0.3 is 0 Å². The fourth-order valence-corrected chi connectivity index (χ4v) is 4.51. The van der Waals surface area contributed by atoms with Gasteiger partial charge < -0.3 is 19.1 Å². The van der Waals surface area contributed by atoms with E-state index in [9.17, 15) is 4.79 Å². The van der Waals surface area contributed by atoms with E-state index in [2.05, 4.69) is 35.7 Å². The molecular weight excluding hydrogens is 422 g/mol. The summed E-state index contributed by atoms with van der Waals surface area (Å²) in [5, 5.41) is 1.79. The minimum Gasteiger partial charge on any atom is -0.487 e. The molecule has 0 aliphatic carbocycles. The molecule has 4 rings (SSSR count). The van der Waals surface area contributed by atoms with Crippen LogP contribution in [0.2, 0.25) is 5.02 Å². The third kappa shape index (κ3) is 4.84. The predicted molar refractivity (Wildman–Crippen MR) is 131 cm³/mol. The number of rotatable bonds is 6. The van der Waals surface area contributed by atoms with Crippen molar-refractivity contribution in [3.05, 3.63) is 70.9 Å². The van der Waals surface area contributed by atoms with Gasteiger partial charge in [0.05, 0.1) is 5.69 Å². The molecular formula is C26H30ClN3O2. The number of hydrogen-bond acceptors (Lipinski definition) is 3. The lowest BCUT2D eigenvalue weighted by Gasteiger charge is -2.34. The first-order valence-corrected chi connectivity index (χ1v) is 11.4. The van der Waals surface area contributed by atoms with Gasteiger partial charge in [-0.2, -0.15) is 0 Å². The van der Waals surface area contributed by atoms with Gasteiger partial charge in [0.1, 0.15) is 12.4 Å². The molecule has 1 fully saturated rings. The zero-order valence-corrected chi connectivity index (χ0v) is 19.7. The van der Waals surface area contributed by atoms with Crippen LogP contribution < -0.4 is 4.74 Å². The summed E-state index contributed by atoms with van der Waals surface area (Å²) >= 11 is 5.98. The maximum atomic E-state index is 12.9. The van der Waals surface area contributed by atoms with Crippen molar-refractivity contribution in [2.75, 3.05) is 27.2 Å². The van der Waals surface area contributed by atoms with E-state index in [-0.39, 0.29) is 5.91 Å². The van der Waals surface area contributed by atoms with Gasteiger partial charge in [-0.3, -0.25) is 4.79 Å². The van der Waals surface area contributed by atoms with Crippen LogP contribution in [0, 0.1) is 0 Å². The molecule has 1 saturated heterocycles. The fraction of sp³-hybridized carbons (Fsp3) is 0.346. The molecule has 168 valence electrons. The Morgan fingerprint density at radius 2 is 1.81 bits per heavy atom. The molecule has 0 radical (unpaired) electrons. The largest absolute Gasteiger partial charge is 0.487 e. The van der Waals surface area contributed by atoms with Gasteiger partial charge in [0.2, 0.25) is 5.91 Å². The summed E-state index contributed by atoms with van der Waals surface area (Å²) in [7, 11) is 6.25. The van der Waals surface area contributed by atoms with E-state index in [0.29, 0.717) is 17.7 Å². The van der Waals surface area contributed by atoms with E-state index in [1.54, 1.807) is 6.08 Å². The molecule has 0 bridgehead atoms. The van der Waals surface area contributed by atoms with Gasteiger partial charge in [-0.15, -0.1) is 0 Å². The SMILES string of the molecule is CN(C)C1CCN(C(=O)/C=C/c2c(COc3ccc(Cl)cc3)n(C)c3ccccc23)CC1. The molecule has 0 atom stereocenters. The van der Waals surface area contributed by atoms with Crippen LogP contribution in [-0.2, 0) is 18.4 Å². The monoisotopic (exact) mass is 451 g/mol. The number of likely N-dealkylation sites (tertiary alicyclic amines) is 1. The average Bonchev–Trinajstić information content (AvgIpc) is 3.08. The number of para-hydroxylation sites is 1. The van der Waals surface area contributed by atoms with Crippen molar-refractivity contribution in [1.29, 1.82) is 0 Å². The van der Waals surface area contributed by atoms with Gasteiger partial charge in [-0.05, 0) is 63.3 Å². The molecule has 2 aromatic carbocycles. The summed E-state index contributed by atoms with van der Waals surface area (Å²) in [4.78, 5) is 17.1. The van der Waals surface area contributed by atoms with Crippen LogP contribution in [-0.4, -0.2) is 53.5 Å². The van der Waals surface area contributed by atoms with Gasteiger partial charge in [-0.1, -0.05) is 29.8 Å². The number of halogens is 1. The molecule has 2 heterocycles. The zero-order chi connectivity index (χ0) is 22.7. The van der Waals surface area contributed by atoms with Gasteiger partial charge in [0, 0.05) is 53.7 Å². The smallest absolute Gasteiger partial charge is 0.246 e. The molecule has 1 aliphatic heterocycles. The Morgan fingerprint density at radius 1 is 1.12 bits per heavy atom. The van der Waals surface area contributed by atoms with Gasteiger partial charge in [-0.25, -0.2) is 0 Å². The van der Waals surface area contributed by atoms with Crippen molar-refractivity contribution in [2.45, 2.75) is 25.5 Å². The summed E-state index contributed by atoms with van der Waals surface area (Å²) in [6, 6.07) is 16.1. The van der Waals surface area contributed by atoms with Crippen LogP contribution in [0.1, 0.15) is 24.1 Å². The Labute approximate surface area is 194 Å². The number of benzene rings is 2. The minimum absolute atomic E-state index is 0.0692. The lowest BCUT2D eigenvalue weighted by Crippen LogP contribution is -2.43. The fourth-order valence-electron chi connectivity index (χ4n) is 4.38. The van der Waals surface area contributed by atoms with Crippen molar-refractivity contribution < 1.29 is 9.53 Å². The molecule has 5 nitrogen and oxygen atoms in total. The first-order chi connectivity index (χ1) is 15.4. The van der Waals surface area contributed by atoms with Crippen LogP contribution in [0.25, 0.3) is 17.0 Å². The molecule has 1 aromatic heterocycles. The number of piperidine rings is 1. The molecule has 0 unspecified atom stereocenters. The Kier molecular flexibility index (Phi) is 6.87. The normalized spacial score (nSPS) is 15.2. The number of aromatic nitrogens is 1. The lowest BCUT2D eigenvalue weighted by atomic mass is 10.0. The quantitative estimate of drug-likeness (QED) is 0.496. The molecule has 1 amide bonds. The van der Waals surface area contributed by atoms with Crippen LogP contribution in [0.15, 0.2) is 54.6 Å². The van der Waals surface area contributed by atoms with Crippen molar-refractivity contribution in [3.8, 4) is 5.75 Å². The van der Waals surface area contributed by atoms with E-state index in [4.69, 9.17) is 16.3 Å². The summed E-state index contributed by atoms with van der Waals surface area (Å²) in [5.41, 5.74) is 3.16. The highest BCUT2D eigenvalue weighted by atomic mass is 35.5. The number of aryl methyl sites for hydroxylation is 1. The maximum Gasteiger partial charge on any atom is 0.246 e. The summed E-state index contributed by atoms with van der Waals surface area (Å²) < 4.78 is 8.18. The van der Waals surface area contributed by atoms with Crippen LogP contribution in [0.4, 0.5) is 0 Å². The number of nitrogens with zero attached hydrogens (tertiary/aromatic N) is 3. The van der Waals surface area contributed by atoms with E-state index >= 15 is 0 Å². The summed E-state index contributed by atoms with van der Waals surface area (Å²) in [6.45, 7) is 2.00. The molecule has 0 N–H and O–H groups in total. The van der Waals surface area contributed by atoms with Crippen LogP contribution >= 0.6 is 11.6 Å². The molecule has 0 saturated carbocycles. The summed E-state index contributed by atoms with van der Waals surface area (Å²) in [5.74, 6) is 0.828. The standard InChI is InChI=1S/C26H30ClN3O2/c1-28(2)20-14-16-30(17-15-20)26(31)13-12-23-22-6-4-5-7-24(22)29(3)25(23)18-32-21-10-8-19(27)9-11-21/h4-13,20H,14-18H2,1-3H3/b13-12+. The van der Waals surface area contributed by atoms with Crippen molar-refractivity contribution in [1.82, 2.24) is 14.4 Å². The Bertz CT molecular complexity index is 1110. The molecule has 1 aliphatic rings. The number of carbonyl (C=O) groups excluding carboxylic acids is 1. The average molecular weight is 452 g/mol. The first-order valence-electron chi connectivity index (χ1n) is 11.0. The topological polar surface area (TPSA) is 37.7 Å². The third-order valence-electron chi connectivity index (χ3n) is 6.36. The lowest BCUT2D eigenvalue weighted by molar-refractivity contribution is -0.127. The number of fused-ring (bicyclic) bond motifs is 1. The second-order valence-electron chi connectivity index (χ2n) is 8.53. The van der Waals surface area contributed by atoms with E-state index in [1.807, 2.05) is 54.4 Å². The Hall–Kier alpha value is -2.76. The summed E-state index contributed by atoms with van der Waals surface area (Å²) in [6.07, 6.45) is 5.69. The zero-order valence-electron chi connectivity index (χ0n) is 18.9. The Balaban J connectivity index is 1.55. The highest BCUT2D eigenvalue weighted by Crippen LogP contribution is 2.28. The number of hydrogen-bond donors (Lipinski definition) is 0. The highest BCUT2D eigenvalue weighted by molar-refractivity contribution is 6.30. The number of amides is 1. The molecule has 32 heavy (non-hydrogen) atoms. The minimum atomic E-state index is 0.0692. The first kappa shape index (κ1) is 22.4. The molecule has 3 aromatic rings. The maximum absolute atomic E-state index is 12.9. The number of ether oxygens (including phenoxy) is 1. The van der Waals surface area contributed by atoms with E-state index in [0.717, 1.165) is 53.8 Å². The van der Waals surface area contributed by atoms with E-state index in [1.165, 1.54) is 0 Å². The predicted octanol–water partition coefficient (Wildman–Crippen LogP) is 4.98. The number of carbonyl (C=O) groups is 1. The van der Waals surface area contributed by atoms with Gasteiger partial charge in [0.15, 0.2) is 0 Å². The van der Waals surface area contributed by atoms with Crippen molar-refractivity contribution in [3.63, 3.8) is 0 Å². The molecule has 0 spiro atoms. The van der Waals surface area contributed by atoms with Crippen LogP contribution in [0.5, 0.6) is 5.75 Å². The van der Waals surface area contributed by atoms with Gasteiger partial charge in [0.25, 0.3) is 0 Å². The second-order valence-corrected chi connectivity index (χ2v) is 8.97. The molecule has 6 heteroatoms. The highest BCUT2D eigenvalue weighted by Gasteiger charge is 2.23. The van der Waals surface area contributed by atoms with Crippen molar-refractivity contribution in [2.24, 2.45) is 7.05 Å². The van der Waals surface area contributed by atoms with Crippen molar-refractivity contribution >= 4 is 34.5 Å². The van der Waals surface area contributed by atoms with E-state index < -0.39 is 0 Å². The second kappa shape index (κ2) is 9.80. The third-order valence-corrected chi connectivity index (χ3v) is 6.61. The Morgan fingerprint density at radius 3 is 2.50 bits per heavy atom.